The number of rotatable bonds is 5. The topological polar surface area (TPSA) is 62.7 Å². The first-order chi connectivity index (χ1) is 14.9. The molecule has 0 radical (unpaired) electrons. The summed E-state index contributed by atoms with van der Waals surface area (Å²) in [5.41, 5.74) is 2.33. The van der Waals surface area contributed by atoms with E-state index in [2.05, 4.69) is 31.0 Å². The van der Waals surface area contributed by atoms with Crippen LogP contribution >= 0.6 is 0 Å². The largest absolute Gasteiger partial charge is 0.360 e. The molecule has 0 aliphatic carbocycles. The van der Waals surface area contributed by atoms with Gasteiger partial charge in [0.2, 0.25) is 11.8 Å². The summed E-state index contributed by atoms with van der Waals surface area (Å²) in [5.74, 6) is -0.650. The van der Waals surface area contributed by atoms with E-state index in [4.69, 9.17) is 4.74 Å². The second-order valence-corrected chi connectivity index (χ2v) is 9.13. The van der Waals surface area contributed by atoms with Crippen LogP contribution in [0.25, 0.3) is 0 Å². The zero-order valence-electron chi connectivity index (χ0n) is 18.1. The van der Waals surface area contributed by atoms with E-state index in [0.717, 1.165) is 11.3 Å². The first-order valence-electron chi connectivity index (χ1n) is 10.8. The van der Waals surface area contributed by atoms with Crippen molar-refractivity contribution in [2.24, 2.45) is 11.8 Å². The summed E-state index contributed by atoms with van der Waals surface area (Å²) in [6.07, 6.45) is 7.07. The van der Waals surface area contributed by atoms with Crippen LogP contribution in [0, 0.1) is 11.8 Å². The average Bonchev–Trinajstić information content (AvgIpc) is 3.42. The Kier molecular flexibility index (Phi) is 4.70. The quantitative estimate of drug-likeness (QED) is 0.701. The van der Waals surface area contributed by atoms with Crippen molar-refractivity contribution in [1.82, 2.24) is 9.88 Å². The van der Waals surface area contributed by atoms with Crippen molar-refractivity contribution in [2.75, 3.05) is 18.5 Å². The van der Waals surface area contributed by atoms with E-state index in [1.54, 1.807) is 29.2 Å². The van der Waals surface area contributed by atoms with Crippen LogP contribution in [0.1, 0.15) is 30.9 Å². The van der Waals surface area contributed by atoms with Gasteiger partial charge in [-0.05, 0) is 35.2 Å². The number of carbonyl (C=O) groups excluding carboxylic acids is 2. The van der Waals surface area contributed by atoms with Crippen LogP contribution in [0.3, 0.4) is 0 Å². The number of pyridine rings is 1. The maximum absolute atomic E-state index is 13.5. The summed E-state index contributed by atoms with van der Waals surface area (Å²) < 4.78 is 6.27. The van der Waals surface area contributed by atoms with Crippen LogP contribution in [0.4, 0.5) is 5.69 Å². The third-order valence-corrected chi connectivity index (χ3v) is 6.78. The fourth-order valence-electron chi connectivity index (χ4n) is 5.14. The van der Waals surface area contributed by atoms with Gasteiger partial charge in [-0.3, -0.25) is 14.6 Å². The Morgan fingerprint density at radius 3 is 2.74 bits per heavy atom. The fourth-order valence-corrected chi connectivity index (χ4v) is 5.14. The average molecular weight is 418 g/mol. The van der Waals surface area contributed by atoms with Gasteiger partial charge in [-0.2, -0.15) is 0 Å². The molecule has 4 atom stereocenters. The lowest BCUT2D eigenvalue weighted by Crippen LogP contribution is -2.44. The van der Waals surface area contributed by atoms with Crippen LogP contribution in [0.15, 0.2) is 60.9 Å². The van der Waals surface area contributed by atoms with Crippen molar-refractivity contribution in [3.63, 3.8) is 0 Å². The molecule has 2 fully saturated rings. The van der Waals surface area contributed by atoms with E-state index < -0.39 is 17.4 Å². The van der Waals surface area contributed by atoms with Crippen molar-refractivity contribution in [3.8, 4) is 0 Å². The minimum Gasteiger partial charge on any atom is -0.360 e. The molecule has 2 saturated heterocycles. The third kappa shape index (κ3) is 3.17. The van der Waals surface area contributed by atoms with E-state index in [1.807, 2.05) is 36.4 Å². The lowest BCUT2D eigenvalue weighted by atomic mass is 9.76. The van der Waals surface area contributed by atoms with Crippen LogP contribution < -0.4 is 4.90 Å². The number of carbonyl (C=O) groups is 2. The molecule has 0 unspecified atom stereocenters. The predicted molar refractivity (Wildman–Crippen MR) is 117 cm³/mol. The first-order valence-corrected chi connectivity index (χ1v) is 10.8. The van der Waals surface area contributed by atoms with Gasteiger partial charge in [-0.15, -0.1) is 0 Å². The zero-order valence-corrected chi connectivity index (χ0v) is 18.1. The molecule has 160 valence electrons. The predicted octanol–water partition coefficient (Wildman–Crippen LogP) is 3.15. The molecule has 6 nitrogen and oxygen atoms in total. The van der Waals surface area contributed by atoms with E-state index in [9.17, 15) is 9.59 Å². The minimum absolute atomic E-state index is 0.0303. The minimum atomic E-state index is -0.714. The molecule has 3 aliphatic rings. The van der Waals surface area contributed by atoms with Crippen molar-refractivity contribution >= 4 is 17.5 Å². The second kappa shape index (κ2) is 7.31. The number of benzene rings is 1. The van der Waals surface area contributed by atoms with Gasteiger partial charge in [-0.1, -0.05) is 44.2 Å². The van der Waals surface area contributed by atoms with Gasteiger partial charge < -0.3 is 14.5 Å². The number of ether oxygens (including phenoxy) is 1. The van der Waals surface area contributed by atoms with Gasteiger partial charge in [0.15, 0.2) is 0 Å². The Balaban J connectivity index is 1.39. The summed E-state index contributed by atoms with van der Waals surface area (Å²) in [6.45, 7) is 5.19. The Hall–Kier alpha value is -2.99. The SMILES string of the molecule is CC(C)c1ccc(N2C[C@]34C=C[C@H](O3)[C@@H](C(=O)N(C)Cc3cccnc3)[C@@H]4C2=O)cc1. The molecule has 2 amide bonds. The van der Waals surface area contributed by atoms with Crippen LogP contribution in [0.2, 0.25) is 0 Å². The van der Waals surface area contributed by atoms with E-state index in [0.29, 0.717) is 19.0 Å². The molecule has 0 saturated carbocycles. The number of hydrogen-bond acceptors (Lipinski definition) is 4. The molecule has 2 bridgehead atoms. The van der Waals surface area contributed by atoms with Crippen LogP contribution in [-0.4, -0.2) is 47.0 Å². The molecule has 0 N–H and O–H groups in total. The summed E-state index contributed by atoms with van der Waals surface area (Å²) >= 11 is 0. The smallest absolute Gasteiger partial charge is 0.234 e. The van der Waals surface area contributed by atoms with Crippen molar-refractivity contribution < 1.29 is 14.3 Å². The maximum Gasteiger partial charge on any atom is 0.234 e. The highest BCUT2D eigenvalue weighted by atomic mass is 16.5. The first kappa shape index (κ1) is 19.9. The van der Waals surface area contributed by atoms with E-state index in [1.165, 1.54) is 5.56 Å². The van der Waals surface area contributed by atoms with Crippen LogP contribution in [0.5, 0.6) is 0 Å². The molecular weight excluding hydrogens is 390 g/mol. The summed E-state index contributed by atoms with van der Waals surface area (Å²) in [6, 6.07) is 11.9. The number of aromatic nitrogens is 1. The van der Waals surface area contributed by atoms with Gasteiger partial charge >= 0.3 is 0 Å². The number of hydrogen-bond donors (Lipinski definition) is 0. The highest BCUT2D eigenvalue weighted by Crippen LogP contribution is 2.53. The van der Waals surface area contributed by atoms with Crippen molar-refractivity contribution in [2.45, 2.75) is 38.0 Å². The second-order valence-electron chi connectivity index (χ2n) is 9.13. The zero-order chi connectivity index (χ0) is 21.8. The summed E-state index contributed by atoms with van der Waals surface area (Å²) in [5, 5.41) is 0. The maximum atomic E-state index is 13.5. The van der Waals surface area contributed by atoms with Crippen molar-refractivity contribution in [3.05, 3.63) is 72.1 Å². The van der Waals surface area contributed by atoms with Crippen LogP contribution in [-0.2, 0) is 20.9 Å². The lowest BCUT2D eigenvalue weighted by Gasteiger charge is -2.27. The fraction of sp³-hybridized carbons (Fsp3) is 0.400. The molecule has 1 aromatic heterocycles. The number of nitrogens with zero attached hydrogens (tertiary/aromatic N) is 3. The van der Waals surface area contributed by atoms with Gasteiger partial charge in [-0.25, -0.2) is 0 Å². The van der Waals surface area contributed by atoms with Crippen molar-refractivity contribution in [1.29, 1.82) is 0 Å². The molecule has 31 heavy (non-hydrogen) atoms. The molecule has 6 heteroatoms. The Labute approximate surface area is 182 Å². The Bertz CT molecular complexity index is 1030. The summed E-state index contributed by atoms with van der Waals surface area (Å²) in [4.78, 5) is 34.5. The molecular formula is C25H27N3O3. The molecule has 1 spiro atoms. The van der Waals surface area contributed by atoms with E-state index >= 15 is 0 Å². The van der Waals surface area contributed by atoms with Gasteiger partial charge in [0.05, 0.1) is 24.5 Å². The molecule has 2 aromatic rings. The number of fused-ring (bicyclic) bond motifs is 1. The highest BCUT2D eigenvalue weighted by molar-refractivity contribution is 6.03. The number of anilines is 1. The van der Waals surface area contributed by atoms with Gasteiger partial charge in [0.25, 0.3) is 0 Å². The molecule has 1 aromatic carbocycles. The van der Waals surface area contributed by atoms with Gasteiger partial charge in [0.1, 0.15) is 5.60 Å². The highest BCUT2D eigenvalue weighted by Gasteiger charge is 2.67. The van der Waals surface area contributed by atoms with E-state index in [-0.39, 0.29) is 17.9 Å². The lowest BCUT2D eigenvalue weighted by molar-refractivity contribution is -0.139. The molecule has 4 heterocycles. The Morgan fingerprint density at radius 1 is 1.29 bits per heavy atom. The summed E-state index contributed by atoms with van der Waals surface area (Å²) in [7, 11) is 1.78. The van der Waals surface area contributed by atoms with Gasteiger partial charge in [0, 0.05) is 31.7 Å². The molecule has 5 rings (SSSR count). The third-order valence-electron chi connectivity index (χ3n) is 6.78. The normalized spacial score (nSPS) is 28.5. The molecule has 3 aliphatic heterocycles. The Morgan fingerprint density at radius 2 is 2.06 bits per heavy atom. The monoisotopic (exact) mass is 417 g/mol. The standard InChI is InChI=1S/C25H27N3O3/c1-16(2)18-6-8-19(9-7-18)28-15-25-11-10-20(31-25)21(22(25)24(28)30)23(29)27(3)14-17-5-4-12-26-13-17/h4-13,16,20-22H,14-15H2,1-3H3/t20-,21+,22+,25-/m0/s1. The number of amides is 2.